The lowest BCUT2D eigenvalue weighted by molar-refractivity contribution is -0.134. The molecule has 0 aliphatic rings. The van der Waals surface area contributed by atoms with E-state index in [2.05, 4.69) is 5.10 Å². The van der Waals surface area contributed by atoms with Gasteiger partial charge in [0.05, 0.1) is 16.8 Å². The molecule has 0 radical (unpaired) electrons. The third kappa shape index (κ3) is 2.10. The van der Waals surface area contributed by atoms with Crippen LogP contribution in [-0.4, -0.2) is 20.9 Å². The van der Waals surface area contributed by atoms with Gasteiger partial charge in [0, 0.05) is 7.05 Å². The molecule has 4 nitrogen and oxygen atoms in total. The predicted molar refractivity (Wildman–Crippen MR) is 58.5 cm³/mol. The number of halogens is 3. The molecule has 8 heteroatoms. The molecule has 2 rings (SSSR count). The van der Waals surface area contributed by atoms with Crippen LogP contribution in [0.1, 0.15) is 15.2 Å². The van der Waals surface area contributed by atoms with Crippen LogP contribution in [0, 0.1) is 0 Å². The van der Waals surface area contributed by atoms with Crippen molar-refractivity contribution in [3.63, 3.8) is 0 Å². The summed E-state index contributed by atoms with van der Waals surface area (Å²) in [7, 11) is 1.48. The highest BCUT2D eigenvalue weighted by molar-refractivity contribution is 7.15. The molecule has 0 bridgehead atoms. The van der Waals surface area contributed by atoms with Gasteiger partial charge < -0.3 is 5.11 Å². The molecule has 2 aromatic heterocycles. The molecule has 2 aromatic rings. The first-order valence-electron chi connectivity index (χ1n) is 4.73. The van der Waals surface area contributed by atoms with E-state index in [0.717, 1.165) is 12.3 Å². The molecule has 0 atom stereocenters. The summed E-state index contributed by atoms with van der Waals surface area (Å²) in [4.78, 5) is 10.4. The number of carboxylic acid groups (broad SMARTS) is 1. The summed E-state index contributed by atoms with van der Waals surface area (Å²) in [6.45, 7) is 0. The maximum Gasteiger partial charge on any atom is 0.425 e. The van der Waals surface area contributed by atoms with E-state index in [0.29, 0.717) is 11.3 Å². The molecule has 0 amide bonds. The molecule has 0 unspecified atom stereocenters. The van der Waals surface area contributed by atoms with Gasteiger partial charge in [-0.25, -0.2) is 4.79 Å². The van der Waals surface area contributed by atoms with Crippen LogP contribution in [-0.2, 0) is 13.2 Å². The number of thiophene rings is 1. The van der Waals surface area contributed by atoms with Crippen LogP contribution in [0.15, 0.2) is 18.3 Å². The number of aryl methyl sites for hydroxylation is 1. The number of carbonyl (C=O) groups is 1. The van der Waals surface area contributed by atoms with Crippen molar-refractivity contribution in [1.29, 1.82) is 0 Å². The first kappa shape index (κ1) is 12.6. The minimum Gasteiger partial charge on any atom is -0.478 e. The Morgan fingerprint density at radius 3 is 2.61 bits per heavy atom. The number of nitrogens with zero attached hydrogens (tertiary/aromatic N) is 2. The highest BCUT2D eigenvalue weighted by atomic mass is 32.1. The Hall–Kier alpha value is -1.83. The van der Waals surface area contributed by atoms with Crippen molar-refractivity contribution in [3.8, 4) is 10.6 Å². The zero-order valence-electron chi connectivity index (χ0n) is 9.02. The van der Waals surface area contributed by atoms with Gasteiger partial charge in [-0.1, -0.05) is 0 Å². The standard InChI is InChI=1S/C10H7F3N2O2S/c1-15-8(5(4-14-15)9(16)17)6-2-3-7(18-6)10(11,12)13/h2-4H,1H3,(H,16,17). The van der Waals surface area contributed by atoms with Gasteiger partial charge in [-0.15, -0.1) is 11.3 Å². The Morgan fingerprint density at radius 2 is 2.11 bits per heavy atom. The molecule has 0 aliphatic heterocycles. The van der Waals surface area contributed by atoms with Gasteiger partial charge in [0.2, 0.25) is 0 Å². The molecular formula is C10H7F3N2O2S. The monoisotopic (exact) mass is 276 g/mol. The highest BCUT2D eigenvalue weighted by Gasteiger charge is 2.33. The Bertz CT molecular complexity index is 601. The van der Waals surface area contributed by atoms with Gasteiger partial charge in [0.25, 0.3) is 0 Å². The van der Waals surface area contributed by atoms with Crippen LogP contribution in [0.2, 0.25) is 0 Å². The summed E-state index contributed by atoms with van der Waals surface area (Å²) >= 11 is 0.494. The lowest BCUT2D eigenvalue weighted by Crippen LogP contribution is -2.01. The van der Waals surface area contributed by atoms with Crippen molar-refractivity contribution in [2.24, 2.45) is 7.05 Å². The summed E-state index contributed by atoms with van der Waals surface area (Å²) in [6.07, 6.45) is -3.31. The molecule has 96 valence electrons. The molecular weight excluding hydrogens is 269 g/mol. The second-order valence-electron chi connectivity index (χ2n) is 3.50. The molecule has 0 saturated heterocycles. The highest BCUT2D eigenvalue weighted by Crippen LogP contribution is 2.39. The van der Waals surface area contributed by atoms with Crippen molar-refractivity contribution in [3.05, 3.63) is 28.8 Å². The van der Waals surface area contributed by atoms with Crippen molar-refractivity contribution < 1.29 is 23.1 Å². The fourth-order valence-corrected chi connectivity index (χ4v) is 2.47. The Balaban J connectivity index is 2.53. The van der Waals surface area contributed by atoms with Crippen LogP contribution >= 0.6 is 11.3 Å². The van der Waals surface area contributed by atoms with Gasteiger partial charge in [0.1, 0.15) is 10.4 Å². The van der Waals surface area contributed by atoms with Gasteiger partial charge in [0.15, 0.2) is 0 Å². The van der Waals surface area contributed by atoms with E-state index in [1.165, 1.54) is 17.8 Å². The number of rotatable bonds is 2. The van der Waals surface area contributed by atoms with E-state index in [-0.39, 0.29) is 16.1 Å². The topological polar surface area (TPSA) is 55.1 Å². The number of hydrogen-bond donors (Lipinski definition) is 1. The molecule has 1 N–H and O–H groups in total. The Labute approximate surface area is 103 Å². The largest absolute Gasteiger partial charge is 0.478 e. The van der Waals surface area contributed by atoms with Crippen molar-refractivity contribution in [2.45, 2.75) is 6.18 Å². The maximum atomic E-state index is 12.5. The third-order valence-corrected chi connectivity index (χ3v) is 3.42. The van der Waals surface area contributed by atoms with E-state index in [9.17, 15) is 18.0 Å². The van der Waals surface area contributed by atoms with Crippen LogP contribution in [0.4, 0.5) is 13.2 Å². The normalized spacial score (nSPS) is 11.8. The first-order valence-corrected chi connectivity index (χ1v) is 5.55. The van der Waals surface area contributed by atoms with E-state index >= 15 is 0 Å². The maximum absolute atomic E-state index is 12.5. The quantitative estimate of drug-likeness (QED) is 0.917. The lowest BCUT2D eigenvalue weighted by atomic mass is 10.2. The second kappa shape index (κ2) is 4.13. The Kier molecular flexibility index (Phi) is 2.89. The average Bonchev–Trinajstić information content (AvgIpc) is 2.81. The minimum absolute atomic E-state index is 0.118. The summed E-state index contributed by atoms with van der Waals surface area (Å²) in [5, 5.41) is 12.7. The van der Waals surface area contributed by atoms with Crippen molar-refractivity contribution in [2.75, 3.05) is 0 Å². The van der Waals surface area contributed by atoms with Gasteiger partial charge >= 0.3 is 12.1 Å². The fraction of sp³-hybridized carbons (Fsp3) is 0.200. The van der Waals surface area contributed by atoms with Gasteiger partial charge in [-0.05, 0) is 12.1 Å². The van der Waals surface area contributed by atoms with Crippen LogP contribution in [0.25, 0.3) is 10.6 Å². The number of aromatic carboxylic acids is 1. The summed E-state index contributed by atoms with van der Waals surface area (Å²) in [6, 6.07) is 2.18. The summed E-state index contributed by atoms with van der Waals surface area (Å²) < 4.78 is 38.7. The molecule has 2 heterocycles. The smallest absolute Gasteiger partial charge is 0.425 e. The number of hydrogen-bond acceptors (Lipinski definition) is 3. The summed E-state index contributed by atoms with van der Waals surface area (Å²) in [5.74, 6) is -1.22. The lowest BCUT2D eigenvalue weighted by Gasteiger charge is -2.02. The second-order valence-corrected chi connectivity index (χ2v) is 4.58. The van der Waals surface area contributed by atoms with Crippen LogP contribution in [0.3, 0.4) is 0 Å². The van der Waals surface area contributed by atoms with E-state index in [4.69, 9.17) is 5.11 Å². The predicted octanol–water partition coefficient (Wildman–Crippen LogP) is 2.87. The van der Waals surface area contributed by atoms with Gasteiger partial charge in [-0.3, -0.25) is 4.68 Å². The zero-order chi connectivity index (χ0) is 13.5. The Morgan fingerprint density at radius 1 is 1.44 bits per heavy atom. The number of carboxylic acids is 1. The number of aromatic nitrogens is 2. The fourth-order valence-electron chi connectivity index (χ4n) is 1.50. The third-order valence-electron chi connectivity index (χ3n) is 2.29. The summed E-state index contributed by atoms with van der Waals surface area (Å²) in [5.41, 5.74) is 0.0519. The van der Waals surface area contributed by atoms with E-state index < -0.39 is 17.0 Å². The molecule has 0 saturated carbocycles. The van der Waals surface area contributed by atoms with Crippen molar-refractivity contribution >= 4 is 17.3 Å². The molecule has 0 aromatic carbocycles. The molecule has 0 aliphatic carbocycles. The van der Waals surface area contributed by atoms with E-state index in [1.807, 2.05) is 0 Å². The molecule has 18 heavy (non-hydrogen) atoms. The number of alkyl halides is 3. The minimum atomic E-state index is -4.43. The average molecular weight is 276 g/mol. The van der Waals surface area contributed by atoms with E-state index in [1.54, 1.807) is 0 Å². The molecule has 0 fully saturated rings. The van der Waals surface area contributed by atoms with Crippen molar-refractivity contribution in [1.82, 2.24) is 9.78 Å². The SMILES string of the molecule is Cn1ncc(C(=O)O)c1-c1ccc(C(F)(F)F)s1. The van der Waals surface area contributed by atoms with Gasteiger partial charge in [-0.2, -0.15) is 18.3 Å². The van der Waals surface area contributed by atoms with Crippen LogP contribution < -0.4 is 0 Å². The zero-order valence-corrected chi connectivity index (χ0v) is 9.84. The first-order chi connectivity index (χ1) is 8.30. The molecule has 0 spiro atoms. The van der Waals surface area contributed by atoms with Crippen LogP contribution in [0.5, 0.6) is 0 Å².